The summed E-state index contributed by atoms with van der Waals surface area (Å²) >= 11 is 6.18. The summed E-state index contributed by atoms with van der Waals surface area (Å²) in [6.07, 6.45) is 2.41. The Kier molecular flexibility index (Phi) is 4.92. The van der Waals surface area contributed by atoms with Gasteiger partial charge in [0.15, 0.2) is 0 Å². The molecular formula is C20H19ClN4O2. The molecule has 3 aromatic rings. The van der Waals surface area contributed by atoms with Crippen molar-refractivity contribution in [1.82, 2.24) is 9.97 Å². The molecule has 1 fully saturated rings. The van der Waals surface area contributed by atoms with Gasteiger partial charge < -0.3 is 14.8 Å². The monoisotopic (exact) mass is 382 g/mol. The number of aryl methyl sites for hydroxylation is 1. The first-order valence-electron chi connectivity index (χ1n) is 8.67. The van der Waals surface area contributed by atoms with E-state index in [1.165, 1.54) is 6.33 Å². The van der Waals surface area contributed by atoms with Gasteiger partial charge in [0.25, 0.3) is 0 Å². The highest BCUT2D eigenvalue weighted by Crippen LogP contribution is 2.35. The lowest BCUT2D eigenvalue weighted by Gasteiger charge is -2.17. The molecule has 6 nitrogen and oxygen atoms in total. The third-order valence-electron chi connectivity index (χ3n) is 4.48. The summed E-state index contributed by atoms with van der Waals surface area (Å²) in [6, 6.07) is 9.35. The highest BCUT2D eigenvalue weighted by molar-refractivity contribution is 6.30. The zero-order valence-electron chi connectivity index (χ0n) is 14.9. The number of rotatable bonds is 5. The van der Waals surface area contributed by atoms with Crippen molar-refractivity contribution in [3.63, 3.8) is 0 Å². The zero-order valence-corrected chi connectivity index (χ0v) is 15.7. The number of ether oxygens (including phenoxy) is 2. The molecule has 27 heavy (non-hydrogen) atoms. The topological polar surface area (TPSA) is 68.6 Å². The Balaban J connectivity index is 1.73. The minimum absolute atomic E-state index is 0.0223. The number of aromatic nitrogens is 2. The molecule has 4 rings (SSSR count). The van der Waals surface area contributed by atoms with Crippen molar-refractivity contribution in [2.75, 3.05) is 18.5 Å². The van der Waals surface area contributed by atoms with Crippen molar-refractivity contribution in [3.05, 3.63) is 47.2 Å². The number of aliphatic imine (C=N–C) groups is 1. The Morgan fingerprint density at radius 1 is 1.30 bits per heavy atom. The minimum Gasteiger partial charge on any atom is -0.486 e. The maximum atomic E-state index is 6.18. The molecule has 1 aliphatic rings. The number of nitrogens with zero attached hydrogens (tertiary/aromatic N) is 3. The first-order valence-corrected chi connectivity index (χ1v) is 9.05. The van der Waals surface area contributed by atoms with E-state index in [1.54, 1.807) is 6.07 Å². The fourth-order valence-electron chi connectivity index (χ4n) is 3.17. The van der Waals surface area contributed by atoms with E-state index >= 15 is 0 Å². The van der Waals surface area contributed by atoms with Gasteiger partial charge in [-0.3, -0.25) is 4.99 Å². The number of benzene rings is 2. The number of halogens is 1. The van der Waals surface area contributed by atoms with E-state index in [0.29, 0.717) is 29.8 Å². The smallest absolute Gasteiger partial charge is 0.144 e. The molecule has 138 valence electrons. The van der Waals surface area contributed by atoms with Gasteiger partial charge in [-0.15, -0.1) is 0 Å². The molecule has 0 bridgehead atoms. The second-order valence-corrected chi connectivity index (χ2v) is 6.84. The molecule has 1 aromatic heterocycles. The first kappa shape index (κ1) is 17.7. The van der Waals surface area contributed by atoms with Gasteiger partial charge in [-0.2, -0.15) is 0 Å². The normalized spacial score (nSPS) is 16.4. The average molecular weight is 383 g/mol. The minimum atomic E-state index is 0.0223. The van der Waals surface area contributed by atoms with E-state index in [1.807, 2.05) is 31.2 Å². The van der Waals surface area contributed by atoms with Crippen molar-refractivity contribution in [1.29, 1.82) is 0 Å². The van der Waals surface area contributed by atoms with Crippen molar-refractivity contribution in [3.8, 4) is 5.75 Å². The van der Waals surface area contributed by atoms with Crippen LogP contribution in [0.1, 0.15) is 12.0 Å². The predicted octanol–water partition coefficient (Wildman–Crippen LogP) is 4.84. The van der Waals surface area contributed by atoms with E-state index in [0.717, 1.165) is 34.3 Å². The largest absolute Gasteiger partial charge is 0.486 e. The molecule has 0 aliphatic carbocycles. The Morgan fingerprint density at radius 2 is 2.19 bits per heavy atom. The Bertz CT molecular complexity index is 1000. The highest BCUT2D eigenvalue weighted by atomic mass is 35.5. The summed E-state index contributed by atoms with van der Waals surface area (Å²) in [6.45, 7) is 6.88. The number of nitrogens with one attached hydrogen (secondary N) is 1. The van der Waals surface area contributed by atoms with Gasteiger partial charge in [0, 0.05) is 22.9 Å². The van der Waals surface area contributed by atoms with Gasteiger partial charge >= 0.3 is 0 Å². The lowest BCUT2D eigenvalue weighted by Crippen LogP contribution is -2.16. The molecule has 0 radical (unpaired) electrons. The quantitative estimate of drug-likeness (QED) is 0.640. The van der Waals surface area contributed by atoms with Gasteiger partial charge in [0.2, 0.25) is 0 Å². The molecule has 0 spiro atoms. The third kappa shape index (κ3) is 3.72. The Morgan fingerprint density at radius 3 is 2.96 bits per heavy atom. The first-order chi connectivity index (χ1) is 13.1. The van der Waals surface area contributed by atoms with Crippen LogP contribution in [0.25, 0.3) is 10.9 Å². The van der Waals surface area contributed by atoms with Crippen LogP contribution in [0, 0.1) is 6.92 Å². The van der Waals surface area contributed by atoms with Crippen LogP contribution in [0.15, 0.2) is 41.7 Å². The van der Waals surface area contributed by atoms with E-state index in [9.17, 15) is 0 Å². The predicted molar refractivity (Wildman–Crippen MR) is 108 cm³/mol. The van der Waals surface area contributed by atoms with Gasteiger partial charge in [-0.05, 0) is 43.5 Å². The second-order valence-electron chi connectivity index (χ2n) is 6.41. The number of fused-ring (bicyclic) bond motifs is 1. The van der Waals surface area contributed by atoms with Crippen LogP contribution in [-0.4, -0.2) is 36.0 Å². The SMILES string of the molecule is C=Nc1cc(C)c2c(Nc3ccc(Cl)cc3OC3CCOC3)ncnc2c1. The molecular weight excluding hydrogens is 364 g/mol. The van der Waals surface area contributed by atoms with Gasteiger partial charge in [0.05, 0.1) is 30.1 Å². The van der Waals surface area contributed by atoms with Crippen molar-refractivity contribution in [2.24, 2.45) is 4.99 Å². The van der Waals surface area contributed by atoms with Crippen LogP contribution >= 0.6 is 11.6 Å². The summed E-state index contributed by atoms with van der Waals surface area (Å²) in [5.74, 6) is 1.37. The molecule has 7 heteroatoms. The van der Waals surface area contributed by atoms with Gasteiger partial charge in [-0.25, -0.2) is 9.97 Å². The fraction of sp³-hybridized carbons (Fsp3) is 0.250. The molecule has 1 aliphatic heterocycles. The van der Waals surface area contributed by atoms with Crippen LogP contribution in [0.3, 0.4) is 0 Å². The zero-order chi connectivity index (χ0) is 18.8. The van der Waals surface area contributed by atoms with Crippen LogP contribution < -0.4 is 10.1 Å². The van der Waals surface area contributed by atoms with E-state index in [4.69, 9.17) is 21.1 Å². The lowest BCUT2D eigenvalue weighted by molar-refractivity contribution is 0.142. The molecule has 2 heterocycles. The highest BCUT2D eigenvalue weighted by Gasteiger charge is 2.19. The van der Waals surface area contributed by atoms with E-state index in [2.05, 4.69) is 27.0 Å². The van der Waals surface area contributed by atoms with Crippen LogP contribution in [0.5, 0.6) is 5.75 Å². The van der Waals surface area contributed by atoms with E-state index < -0.39 is 0 Å². The lowest BCUT2D eigenvalue weighted by atomic mass is 10.1. The van der Waals surface area contributed by atoms with Crippen LogP contribution in [0.2, 0.25) is 5.02 Å². The average Bonchev–Trinajstić information content (AvgIpc) is 3.16. The van der Waals surface area contributed by atoms with Crippen molar-refractivity contribution < 1.29 is 9.47 Å². The standard InChI is InChI=1S/C20H19ClN4O2/c1-12-7-14(22-2)9-17-19(12)20(24-11-23-17)25-16-4-3-13(21)8-18(16)27-15-5-6-26-10-15/h3-4,7-9,11,15H,2,5-6,10H2,1H3,(H,23,24,25). The van der Waals surface area contributed by atoms with Gasteiger partial charge in [-0.1, -0.05) is 11.6 Å². The van der Waals surface area contributed by atoms with E-state index in [-0.39, 0.29) is 6.10 Å². The molecule has 1 N–H and O–H groups in total. The summed E-state index contributed by atoms with van der Waals surface area (Å²) in [7, 11) is 0. The molecule has 1 atom stereocenters. The maximum absolute atomic E-state index is 6.18. The van der Waals surface area contributed by atoms with Crippen molar-refractivity contribution >= 4 is 46.4 Å². The second kappa shape index (κ2) is 7.50. The summed E-state index contributed by atoms with van der Waals surface area (Å²) < 4.78 is 11.5. The number of anilines is 2. The molecule has 1 saturated heterocycles. The molecule has 2 aromatic carbocycles. The molecule has 1 unspecified atom stereocenters. The Labute approximate surface area is 162 Å². The van der Waals surface area contributed by atoms with Gasteiger partial charge in [0.1, 0.15) is 24.0 Å². The summed E-state index contributed by atoms with van der Waals surface area (Å²) in [5, 5.41) is 4.91. The maximum Gasteiger partial charge on any atom is 0.144 e. The van der Waals surface area contributed by atoms with Crippen LogP contribution in [-0.2, 0) is 4.74 Å². The Hall–Kier alpha value is -2.70. The third-order valence-corrected chi connectivity index (χ3v) is 4.72. The molecule has 0 amide bonds. The van der Waals surface area contributed by atoms with Crippen molar-refractivity contribution in [2.45, 2.75) is 19.4 Å². The number of hydrogen-bond acceptors (Lipinski definition) is 6. The number of hydrogen-bond donors (Lipinski definition) is 1. The summed E-state index contributed by atoms with van der Waals surface area (Å²) in [4.78, 5) is 12.8. The fourth-order valence-corrected chi connectivity index (χ4v) is 3.33. The molecule has 0 saturated carbocycles. The van der Waals surface area contributed by atoms with Crippen LogP contribution in [0.4, 0.5) is 17.2 Å². The summed E-state index contributed by atoms with van der Waals surface area (Å²) in [5.41, 5.74) is 3.38.